The minimum atomic E-state index is -0.323. The Kier molecular flexibility index (Phi) is 3.85. The summed E-state index contributed by atoms with van der Waals surface area (Å²) in [5.74, 6) is 0.552. The van der Waals surface area contributed by atoms with Crippen molar-refractivity contribution in [3.8, 4) is 11.5 Å². The molecule has 6 heteroatoms. The number of nitrogens with one attached hydrogen (secondary N) is 1. The fourth-order valence-electron chi connectivity index (χ4n) is 2.54. The molecule has 114 valence electrons. The normalized spacial score (nSPS) is 17.3. The highest BCUT2D eigenvalue weighted by Crippen LogP contribution is 2.32. The Balaban J connectivity index is 2.08. The Morgan fingerprint density at radius 1 is 1.23 bits per heavy atom. The summed E-state index contributed by atoms with van der Waals surface area (Å²) in [5, 5.41) is 23.8. The maximum Gasteiger partial charge on any atom is 0.166 e. The first-order valence-corrected chi connectivity index (χ1v) is 7.54. The van der Waals surface area contributed by atoms with Crippen LogP contribution in [0, 0.1) is 0 Å². The van der Waals surface area contributed by atoms with Crippen LogP contribution in [0.5, 0.6) is 11.5 Å². The average Bonchev–Trinajstić information content (AvgIpc) is 2.88. The van der Waals surface area contributed by atoms with Crippen molar-refractivity contribution < 1.29 is 10.2 Å². The second-order valence-corrected chi connectivity index (χ2v) is 5.48. The molecule has 1 aliphatic heterocycles. The van der Waals surface area contributed by atoms with Crippen LogP contribution in [0.15, 0.2) is 47.6 Å². The molecule has 1 aliphatic rings. The van der Waals surface area contributed by atoms with Crippen LogP contribution in [0.25, 0.3) is 0 Å². The van der Waals surface area contributed by atoms with Gasteiger partial charge in [0.1, 0.15) is 11.5 Å². The zero-order valence-corrected chi connectivity index (χ0v) is 13.0. The number of aromatic hydroxyl groups is 2. The standard InChI is InChI=1S/C16H17N3O2S/c1-2-10-5-3-4-6-13(10)19-15(17-18-16(19)22)12-8-7-11(20)9-14(12)21/h3-9,16,18,20-22H,2H2,1H3. The van der Waals surface area contributed by atoms with Gasteiger partial charge in [-0.1, -0.05) is 25.1 Å². The van der Waals surface area contributed by atoms with E-state index in [-0.39, 0.29) is 17.0 Å². The van der Waals surface area contributed by atoms with Crippen molar-refractivity contribution in [1.82, 2.24) is 5.43 Å². The lowest BCUT2D eigenvalue weighted by Gasteiger charge is -2.26. The third-order valence-electron chi connectivity index (χ3n) is 3.61. The van der Waals surface area contributed by atoms with Crippen LogP contribution < -0.4 is 10.3 Å². The monoisotopic (exact) mass is 315 g/mol. The maximum absolute atomic E-state index is 10.1. The lowest BCUT2D eigenvalue weighted by molar-refractivity contribution is 0.450. The minimum absolute atomic E-state index is 0.00994. The first kappa shape index (κ1) is 14.6. The fourth-order valence-corrected chi connectivity index (χ4v) is 2.83. The molecule has 1 unspecified atom stereocenters. The third kappa shape index (κ3) is 2.46. The minimum Gasteiger partial charge on any atom is -0.508 e. The molecule has 0 radical (unpaired) electrons. The van der Waals surface area contributed by atoms with Gasteiger partial charge in [-0.3, -0.25) is 10.3 Å². The lowest BCUT2D eigenvalue weighted by Crippen LogP contribution is -2.37. The molecule has 0 spiro atoms. The molecule has 3 N–H and O–H groups in total. The molecule has 2 aromatic rings. The molecular formula is C16H17N3O2S. The Morgan fingerprint density at radius 2 is 2.00 bits per heavy atom. The summed E-state index contributed by atoms with van der Waals surface area (Å²) in [5.41, 5.74) is 5.28. The van der Waals surface area contributed by atoms with Gasteiger partial charge in [-0.05, 0) is 30.2 Å². The van der Waals surface area contributed by atoms with Crippen molar-refractivity contribution in [3.63, 3.8) is 0 Å². The van der Waals surface area contributed by atoms with Gasteiger partial charge < -0.3 is 10.2 Å². The van der Waals surface area contributed by atoms with Crippen LogP contribution in [0.2, 0.25) is 0 Å². The van der Waals surface area contributed by atoms with Crippen LogP contribution in [-0.4, -0.2) is 21.5 Å². The Bertz CT molecular complexity index is 733. The Hall–Kier alpha value is -2.34. The number of aryl methyl sites for hydroxylation is 1. The van der Waals surface area contributed by atoms with Crippen molar-refractivity contribution in [2.24, 2.45) is 5.10 Å². The number of benzene rings is 2. The van der Waals surface area contributed by atoms with Crippen LogP contribution in [0.3, 0.4) is 0 Å². The number of nitrogens with zero attached hydrogens (tertiary/aromatic N) is 2. The van der Waals surface area contributed by atoms with Gasteiger partial charge in [0.25, 0.3) is 0 Å². The van der Waals surface area contributed by atoms with E-state index in [1.54, 1.807) is 6.07 Å². The van der Waals surface area contributed by atoms with Crippen molar-refractivity contribution in [3.05, 3.63) is 53.6 Å². The number of rotatable bonds is 3. The van der Waals surface area contributed by atoms with E-state index in [2.05, 4.69) is 36.1 Å². The second kappa shape index (κ2) is 5.81. The van der Waals surface area contributed by atoms with Gasteiger partial charge >= 0.3 is 0 Å². The van der Waals surface area contributed by atoms with Crippen molar-refractivity contribution in [2.75, 3.05) is 4.90 Å². The number of para-hydroxylation sites is 1. The highest BCUT2D eigenvalue weighted by Gasteiger charge is 2.30. The molecule has 0 fully saturated rings. The number of thiol groups is 1. The van der Waals surface area contributed by atoms with Gasteiger partial charge in [-0.2, -0.15) is 5.10 Å². The highest BCUT2D eigenvalue weighted by atomic mass is 32.1. The molecule has 22 heavy (non-hydrogen) atoms. The number of amidine groups is 1. The van der Waals surface area contributed by atoms with Crippen LogP contribution in [-0.2, 0) is 6.42 Å². The molecule has 0 aliphatic carbocycles. The zero-order valence-electron chi connectivity index (χ0n) is 12.1. The van der Waals surface area contributed by atoms with E-state index >= 15 is 0 Å². The summed E-state index contributed by atoms with van der Waals surface area (Å²) in [6.07, 6.45) is 0.877. The quantitative estimate of drug-likeness (QED) is 0.657. The van der Waals surface area contributed by atoms with Gasteiger partial charge in [0, 0.05) is 11.8 Å². The molecule has 1 heterocycles. The summed E-state index contributed by atoms with van der Waals surface area (Å²) in [6.45, 7) is 2.09. The van der Waals surface area contributed by atoms with Crippen molar-refractivity contribution >= 4 is 24.2 Å². The van der Waals surface area contributed by atoms with Crippen molar-refractivity contribution in [2.45, 2.75) is 18.8 Å². The summed E-state index contributed by atoms with van der Waals surface area (Å²) < 4.78 is 0. The van der Waals surface area contributed by atoms with Crippen LogP contribution in [0.1, 0.15) is 18.1 Å². The number of hydrogen-bond donors (Lipinski definition) is 4. The highest BCUT2D eigenvalue weighted by molar-refractivity contribution is 7.81. The van der Waals surface area contributed by atoms with Gasteiger partial charge in [-0.15, -0.1) is 12.6 Å². The van der Waals surface area contributed by atoms with E-state index in [4.69, 9.17) is 0 Å². The van der Waals surface area contributed by atoms with Crippen LogP contribution in [0.4, 0.5) is 5.69 Å². The molecule has 0 aromatic heterocycles. The maximum atomic E-state index is 10.1. The SMILES string of the molecule is CCc1ccccc1N1C(c2ccc(O)cc2O)=NNC1S. The van der Waals surface area contributed by atoms with E-state index < -0.39 is 0 Å². The summed E-state index contributed by atoms with van der Waals surface area (Å²) in [7, 11) is 0. The predicted molar refractivity (Wildman–Crippen MR) is 90.5 cm³/mol. The Morgan fingerprint density at radius 3 is 2.73 bits per heavy atom. The molecular weight excluding hydrogens is 298 g/mol. The first-order valence-electron chi connectivity index (χ1n) is 7.02. The summed E-state index contributed by atoms with van der Waals surface area (Å²) in [6, 6.07) is 12.5. The molecule has 0 saturated carbocycles. The molecule has 3 rings (SSSR count). The second-order valence-electron chi connectivity index (χ2n) is 4.99. The van der Waals surface area contributed by atoms with Crippen molar-refractivity contribution in [1.29, 1.82) is 0 Å². The number of phenolic OH excluding ortho intramolecular Hbond substituents is 2. The molecule has 2 aromatic carbocycles. The van der Waals surface area contributed by atoms with Gasteiger partial charge in [0.15, 0.2) is 11.3 Å². The average molecular weight is 315 g/mol. The van der Waals surface area contributed by atoms with Crippen LogP contribution >= 0.6 is 12.6 Å². The molecule has 5 nitrogen and oxygen atoms in total. The molecule has 0 amide bonds. The predicted octanol–water partition coefficient (Wildman–Crippen LogP) is 2.65. The van der Waals surface area contributed by atoms with E-state index in [0.29, 0.717) is 11.4 Å². The zero-order chi connectivity index (χ0) is 15.7. The van der Waals surface area contributed by atoms with E-state index in [1.165, 1.54) is 12.1 Å². The topological polar surface area (TPSA) is 68.1 Å². The number of hydrogen-bond acceptors (Lipinski definition) is 6. The largest absolute Gasteiger partial charge is 0.508 e. The summed E-state index contributed by atoms with van der Waals surface area (Å²) >= 11 is 4.52. The molecule has 0 bridgehead atoms. The lowest BCUT2D eigenvalue weighted by atomic mass is 10.1. The number of phenols is 2. The Labute approximate surface area is 134 Å². The van der Waals surface area contributed by atoms with Gasteiger partial charge in [0.05, 0.1) is 5.56 Å². The number of anilines is 1. The van der Waals surface area contributed by atoms with E-state index in [1.807, 2.05) is 23.1 Å². The first-order chi connectivity index (χ1) is 10.6. The number of hydrazone groups is 1. The fraction of sp³-hybridized carbons (Fsp3) is 0.188. The van der Waals surface area contributed by atoms with E-state index in [0.717, 1.165) is 17.7 Å². The summed E-state index contributed by atoms with van der Waals surface area (Å²) in [4.78, 5) is 1.92. The molecule has 1 atom stereocenters. The molecule has 0 saturated heterocycles. The smallest absolute Gasteiger partial charge is 0.166 e. The third-order valence-corrected chi connectivity index (χ3v) is 3.96. The van der Waals surface area contributed by atoms with Gasteiger partial charge in [0.2, 0.25) is 0 Å². The van der Waals surface area contributed by atoms with E-state index in [9.17, 15) is 10.2 Å². The van der Waals surface area contributed by atoms with Gasteiger partial charge in [-0.25, -0.2) is 0 Å².